The molecule has 35 nitrogen and oxygen atoms in total. The fourth-order valence-electron chi connectivity index (χ4n) is 7.46. The third kappa shape index (κ3) is 28.5. The standard InChI is InChI=1S/C48H78N16O19S/c49-13-3-1-6-25(51)38(73)58-29(17-35(52)68)41(76)60-31(19-37(71)72)43(78)59-28(16-23-9-11-24(67)12-10-23)40(75)64-34(22-84)46(81)63-32(20-65)44(79)56-26(8-5-15-55-48(53)54)39(74)62-33(21-66)45(80)61-30(18-36(69)70)42(77)57-27(47(82)83)7-2-4-14-50/h9-12,25-34,65-67,84H,1-8,13-22,49-51H2,(H2,52,68)(H,56,79)(H,57,77)(H,58,73)(H,59,78)(H,60,76)(H,61,80)(H,62,74)(H,63,81)(H,64,75)(H,69,70)(H,71,72)(H,82,83)(H4,53,54,55)/t25-,26-,27-,28-,29-,30-,31-,32-,33-,34-/m0/s1. The van der Waals surface area contributed by atoms with E-state index in [0.29, 0.717) is 25.8 Å². The molecule has 0 aliphatic carbocycles. The second-order valence-corrected chi connectivity index (χ2v) is 19.2. The average Bonchev–Trinajstić information content (AvgIpc) is 3.48. The third-order valence-corrected chi connectivity index (χ3v) is 12.3. The van der Waals surface area contributed by atoms with Gasteiger partial charge in [-0.15, -0.1) is 0 Å². The van der Waals surface area contributed by atoms with Crippen molar-refractivity contribution in [3.63, 3.8) is 0 Å². The van der Waals surface area contributed by atoms with Gasteiger partial charge in [-0.25, -0.2) is 4.79 Å². The maximum Gasteiger partial charge on any atom is 0.326 e. The monoisotopic (exact) mass is 1210 g/mol. The Labute approximate surface area is 486 Å². The number of benzene rings is 1. The van der Waals surface area contributed by atoms with Gasteiger partial charge in [0.25, 0.3) is 0 Å². The van der Waals surface area contributed by atoms with Crippen LogP contribution in [0.3, 0.4) is 0 Å². The molecular formula is C48H78N16O19S. The molecule has 0 bridgehead atoms. The molecule has 10 atom stereocenters. The summed E-state index contributed by atoms with van der Waals surface area (Å²) >= 11 is 4.12. The number of aromatic hydroxyl groups is 1. The van der Waals surface area contributed by atoms with Gasteiger partial charge >= 0.3 is 17.9 Å². The lowest BCUT2D eigenvalue weighted by atomic mass is 10.0. The number of carbonyl (C=O) groups excluding carboxylic acids is 10. The fourth-order valence-corrected chi connectivity index (χ4v) is 7.71. The van der Waals surface area contributed by atoms with Crippen LogP contribution >= 0.6 is 12.6 Å². The second-order valence-electron chi connectivity index (χ2n) is 18.8. The summed E-state index contributed by atoms with van der Waals surface area (Å²) in [4.78, 5) is 173. The van der Waals surface area contributed by atoms with E-state index >= 15 is 0 Å². The van der Waals surface area contributed by atoms with Crippen LogP contribution in [0.25, 0.3) is 0 Å². The van der Waals surface area contributed by atoms with Crippen molar-refractivity contribution in [2.45, 2.75) is 137 Å². The molecule has 0 radical (unpaired) electrons. The average molecular weight is 1220 g/mol. The first-order chi connectivity index (χ1) is 39.6. The van der Waals surface area contributed by atoms with Crippen molar-refractivity contribution >= 4 is 95.6 Å². The lowest BCUT2D eigenvalue weighted by molar-refractivity contribution is -0.144. The molecular weight excluding hydrogens is 1140 g/mol. The second kappa shape index (κ2) is 39.1. The Morgan fingerprint density at radius 2 is 0.833 bits per heavy atom. The Kier molecular flexibility index (Phi) is 34.2. The van der Waals surface area contributed by atoms with Gasteiger partial charge in [0.05, 0.1) is 38.5 Å². The predicted molar refractivity (Wildman–Crippen MR) is 297 cm³/mol. The van der Waals surface area contributed by atoms with Crippen LogP contribution in [0, 0.1) is 0 Å². The Bertz CT molecular complexity index is 2460. The van der Waals surface area contributed by atoms with Crippen molar-refractivity contribution in [3.8, 4) is 5.75 Å². The smallest absolute Gasteiger partial charge is 0.326 e. The molecule has 0 spiro atoms. The number of primary amides is 1. The maximum atomic E-state index is 14.1. The number of rotatable bonds is 42. The summed E-state index contributed by atoms with van der Waals surface area (Å²) in [6, 6.07) is -12.4. The molecule has 0 saturated carbocycles. The number of carboxylic acids is 3. The first-order valence-electron chi connectivity index (χ1n) is 26.1. The van der Waals surface area contributed by atoms with Gasteiger partial charge in [-0.2, -0.15) is 12.6 Å². The number of hydrogen-bond acceptors (Lipinski definition) is 21. The lowest BCUT2D eigenvalue weighted by Crippen LogP contribution is -2.62. The van der Waals surface area contributed by atoms with E-state index in [1.807, 2.05) is 5.32 Å². The molecule has 0 aromatic heterocycles. The van der Waals surface area contributed by atoms with E-state index in [1.165, 1.54) is 24.3 Å². The summed E-state index contributed by atoms with van der Waals surface area (Å²) < 4.78 is 0. The van der Waals surface area contributed by atoms with E-state index in [1.54, 1.807) is 0 Å². The van der Waals surface area contributed by atoms with Crippen LogP contribution in [0.5, 0.6) is 5.75 Å². The van der Waals surface area contributed by atoms with Crippen LogP contribution < -0.4 is 82.3 Å². The quantitative estimate of drug-likeness (QED) is 0.0125. The van der Waals surface area contributed by atoms with Gasteiger partial charge in [0.2, 0.25) is 59.1 Å². The van der Waals surface area contributed by atoms with Gasteiger partial charge in [0.15, 0.2) is 5.96 Å². The highest BCUT2D eigenvalue weighted by Gasteiger charge is 2.36. The number of thiol groups is 1. The SMILES string of the molecule is NCCCC[C@H](NC(=O)[C@H](CC(=O)O)NC(=O)[C@H](CO)NC(=O)[C@H](CCCN=C(N)N)NC(=O)[C@H](CO)NC(=O)[C@H](CS)NC(=O)[C@H](Cc1ccc(O)cc1)NC(=O)[C@H](CC(=O)O)NC(=O)[C@H](CC(N)=O)NC(=O)[C@@H](N)CCCCN)C(=O)O. The summed E-state index contributed by atoms with van der Waals surface area (Å²) in [5.41, 5.74) is 33.2. The van der Waals surface area contributed by atoms with Crippen molar-refractivity contribution in [1.82, 2.24) is 47.9 Å². The van der Waals surface area contributed by atoms with Gasteiger partial charge in [-0.1, -0.05) is 18.6 Å². The van der Waals surface area contributed by atoms with Gasteiger partial charge < -0.3 is 113 Å². The van der Waals surface area contributed by atoms with E-state index in [4.69, 9.17) is 34.4 Å². The fraction of sp³-hybridized carbons (Fsp3) is 0.583. The Balaban J connectivity index is 3.46. The molecule has 0 heterocycles. The Hall–Kier alpha value is -8.45. The molecule has 1 rings (SSSR count). The number of unbranched alkanes of at least 4 members (excludes halogenated alkanes) is 2. The van der Waals surface area contributed by atoms with Crippen molar-refractivity contribution in [2.24, 2.45) is 39.4 Å². The van der Waals surface area contributed by atoms with Crippen LogP contribution in [0.15, 0.2) is 29.3 Å². The number of aliphatic carboxylic acids is 3. The number of nitrogens with two attached hydrogens (primary N) is 6. The van der Waals surface area contributed by atoms with Crippen LogP contribution in [-0.4, -0.2) is 213 Å². The number of aliphatic hydroxyl groups is 2. The first kappa shape index (κ1) is 73.6. The van der Waals surface area contributed by atoms with Gasteiger partial charge in [-0.05, 0) is 75.7 Å². The van der Waals surface area contributed by atoms with Gasteiger partial charge in [0, 0.05) is 18.7 Å². The van der Waals surface area contributed by atoms with Crippen molar-refractivity contribution in [2.75, 3.05) is 38.6 Å². The number of phenolic OH excluding ortho intramolecular Hbond substituents is 1. The predicted octanol–water partition coefficient (Wildman–Crippen LogP) is -9.24. The minimum absolute atomic E-state index is 0.0716. The van der Waals surface area contributed by atoms with E-state index in [0.717, 1.165) is 0 Å². The molecule has 0 aliphatic rings. The van der Waals surface area contributed by atoms with E-state index in [-0.39, 0.29) is 62.5 Å². The minimum atomic E-state index is -2.01. The van der Waals surface area contributed by atoms with E-state index in [9.17, 15) is 93.0 Å². The summed E-state index contributed by atoms with van der Waals surface area (Å²) in [6.45, 7) is -2.00. The molecule has 36 heteroatoms. The number of aliphatic hydroxyl groups excluding tert-OH is 2. The zero-order valence-corrected chi connectivity index (χ0v) is 46.6. The number of phenols is 1. The number of hydrogen-bond donors (Lipinski definition) is 22. The number of carbonyl (C=O) groups is 13. The lowest BCUT2D eigenvalue weighted by Gasteiger charge is -2.27. The largest absolute Gasteiger partial charge is 0.508 e. The summed E-state index contributed by atoms with van der Waals surface area (Å²) in [7, 11) is 0. The molecule has 1 aromatic rings. The molecule has 1 aromatic carbocycles. The highest BCUT2D eigenvalue weighted by Crippen LogP contribution is 2.13. The number of carboxylic acid groups (broad SMARTS) is 3. The van der Waals surface area contributed by atoms with E-state index in [2.05, 4.69) is 60.2 Å². The Morgan fingerprint density at radius 3 is 1.27 bits per heavy atom. The number of amides is 10. The molecule has 0 saturated heterocycles. The van der Waals surface area contributed by atoms with Crippen molar-refractivity contribution in [3.05, 3.63) is 29.8 Å². The van der Waals surface area contributed by atoms with Crippen LogP contribution in [-0.2, 0) is 68.7 Å². The van der Waals surface area contributed by atoms with Gasteiger partial charge in [0.1, 0.15) is 60.1 Å². The van der Waals surface area contributed by atoms with Crippen molar-refractivity contribution < 1.29 is 93.0 Å². The van der Waals surface area contributed by atoms with Crippen LogP contribution in [0.2, 0.25) is 0 Å². The number of nitrogens with one attached hydrogen (secondary N) is 9. The number of aliphatic imine (C=N–C) groups is 1. The zero-order valence-electron chi connectivity index (χ0n) is 45.7. The summed E-state index contributed by atoms with van der Waals surface area (Å²) in [5.74, 6) is -17.9. The molecule has 0 aliphatic heterocycles. The summed E-state index contributed by atoms with van der Waals surface area (Å²) in [5, 5.41) is 78.8. The van der Waals surface area contributed by atoms with Gasteiger partial charge in [-0.3, -0.25) is 62.5 Å². The number of guanidine groups is 1. The minimum Gasteiger partial charge on any atom is -0.508 e. The normalized spacial score (nSPS) is 14.5. The molecule has 0 unspecified atom stereocenters. The molecule has 470 valence electrons. The topological polar surface area (TPSA) is 620 Å². The van der Waals surface area contributed by atoms with Crippen LogP contribution in [0.4, 0.5) is 0 Å². The van der Waals surface area contributed by atoms with Crippen LogP contribution in [0.1, 0.15) is 76.2 Å². The molecule has 84 heavy (non-hydrogen) atoms. The molecule has 0 fully saturated rings. The molecule has 10 amide bonds. The first-order valence-corrected chi connectivity index (χ1v) is 26.7. The summed E-state index contributed by atoms with van der Waals surface area (Å²) in [6.07, 6.45) is -2.28. The highest BCUT2D eigenvalue weighted by atomic mass is 32.1. The number of nitrogens with zero attached hydrogens (tertiary/aromatic N) is 1. The Morgan fingerprint density at radius 1 is 0.464 bits per heavy atom. The van der Waals surface area contributed by atoms with E-state index < -0.39 is 182 Å². The maximum absolute atomic E-state index is 14.1. The molecule has 27 N–H and O–H groups in total. The van der Waals surface area contributed by atoms with Crippen molar-refractivity contribution in [1.29, 1.82) is 0 Å². The zero-order chi connectivity index (χ0) is 63.6. The highest BCUT2D eigenvalue weighted by molar-refractivity contribution is 7.80. The third-order valence-electron chi connectivity index (χ3n) is 12.0.